The fourth-order valence-corrected chi connectivity index (χ4v) is 12.6. The third kappa shape index (κ3) is 34.7. The second-order valence-electron chi connectivity index (χ2n) is 29.4. The number of rotatable bonds is 19. The summed E-state index contributed by atoms with van der Waals surface area (Å²) < 4.78 is 0.890. The van der Waals surface area contributed by atoms with Crippen LogP contribution in [0.25, 0.3) is 106 Å². The van der Waals surface area contributed by atoms with Gasteiger partial charge in [0, 0.05) is 173 Å². The zero-order chi connectivity index (χ0) is 104. The van der Waals surface area contributed by atoms with Crippen LogP contribution in [0, 0.1) is 62.7 Å². The average molecular weight is 2100 g/mol. The predicted molar refractivity (Wildman–Crippen MR) is 574 cm³/mol. The van der Waals surface area contributed by atoms with Crippen molar-refractivity contribution in [3.63, 3.8) is 0 Å². The Kier molecular flexibility index (Phi) is 44.9. The quantitative estimate of drug-likeness (QED) is 0.00680. The smallest absolute Gasteiger partial charge is 0.423 e. The number of benzene rings is 5. The van der Waals surface area contributed by atoms with Crippen LogP contribution in [0.15, 0.2) is 366 Å². The maximum atomic E-state index is 8.76. The van der Waals surface area contributed by atoms with Gasteiger partial charge in [-0.2, -0.15) is 21.0 Å². The summed E-state index contributed by atoms with van der Waals surface area (Å²) in [4.78, 5) is 62.7. The lowest BCUT2D eigenvalue weighted by molar-refractivity contribution is 0.213. The number of hydrogen-bond donors (Lipinski definition) is 14. The number of amidine groups is 6. The van der Waals surface area contributed by atoms with Gasteiger partial charge in [-0.1, -0.05) is 202 Å². The summed E-state index contributed by atoms with van der Waals surface area (Å²) in [5.41, 5.74) is 56.4. The lowest BCUT2D eigenvalue weighted by atomic mass is 9.80. The van der Waals surface area contributed by atoms with E-state index in [1.807, 2.05) is 170 Å². The van der Waals surface area contributed by atoms with E-state index in [1.165, 1.54) is 56.8 Å². The molecule has 17 aromatic rings. The van der Waals surface area contributed by atoms with Crippen LogP contribution in [0.4, 0.5) is 5.69 Å². The lowest BCUT2D eigenvalue weighted by Gasteiger charge is -2.06. The second-order valence-corrected chi connectivity index (χ2v) is 31.0. The van der Waals surface area contributed by atoms with E-state index in [0.717, 1.165) is 111 Å². The average Bonchev–Trinajstić information content (AvgIpc) is 0.843. The Bertz CT molecular complexity index is 7200. The van der Waals surface area contributed by atoms with Gasteiger partial charge in [0.15, 0.2) is 29.0 Å². The molecule has 730 valence electrons. The first-order valence-corrected chi connectivity index (χ1v) is 43.8. The van der Waals surface area contributed by atoms with Gasteiger partial charge in [-0.05, 0) is 136 Å². The van der Waals surface area contributed by atoms with Crippen molar-refractivity contribution in [1.29, 1.82) is 31.9 Å². The number of nitrogen functional groups attached to an aromatic ring is 2. The summed E-state index contributed by atoms with van der Waals surface area (Å²) in [6.07, 6.45) is 20.0. The highest BCUT2D eigenvalue weighted by atomic mass is 79.9. The topological polar surface area (TPSA) is 647 Å². The Morgan fingerprint density at radius 1 is 0.327 bits per heavy atom. The van der Waals surface area contributed by atoms with Gasteiger partial charge in [0.2, 0.25) is 0 Å². The zero-order valence-corrected chi connectivity index (χ0v) is 82.0. The number of hydrogen-bond acceptors (Lipinski definition) is 30. The number of nitriles is 4. The summed E-state index contributed by atoms with van der Waals surface area (Å²) in [5.74, 6) is 0.560. The van der Waals surface area contributed by atoms with Gasteiger partial charge in [-0.3, -0.25) is 45.7 Å². The van der Waals surface area contributed by atoms with Crippen molar-refractivity contribution in [2.45, 2.75) is 0 Å². The standard InChI is InChI=1S/C20H20N6O2.C18H16N6O2.C18H16N6.C18H10N4.C11H6ClN3.C7H6BNO2.C6H3BrN2.C5H5BClNO2.2ClH/c1-27-25-19(21)14-5-3-13(4-6-14)17-9-7-15(11-23-17)16-8-10-18(24-12-16)20(22)26-28-2;19-17(23-25)12-3-1-11(2-4-12)15-7-5-13(9-21-15)14-6-8-16(22-10-14)18(20)24-26;19-17(20)12-3-1-11(2-4-12)15-7-5-13(9-23-15)14-6-8-16(18(21)22)24-10-14;1-20-16-6-2-13(3-7-16)18-9-5-15(12-22-18)14-4-8-17(10-19)21-11-14;12-11-4-2-9(7-15-11)8-1-3-10(5-13)14-6-8;9-5-6-1-3-7(4-2-6)8(10)11;7-5-1-2-6(3-8)9-4-5;7-5-2-1-4(3-8-5)6(9)10;;/h3-12H,1-2H3,(H2,21,25)(H2,22,26);1-10,25-26H,(H2,19,23)(H2,20,24);1-10H,(H3,19,20)(H3,21,22);2-9,11-12H;1-4,6-7H;1-4,10-11H;1-2,4H;1-3,9-10H;2*1H. The minimum Gasteiger partial charge on any atom is -0.423 e. The molecule has 5 aromatic carbocycles. The Hall–Kier alpha value is -19.0. The van der Waals surface area contributed by atoms with Crippen molar-refractivity contribution in [3.8, 4) is 125 Å². The van der Waals surface area contributed by atoms with Crippen LogP contribution in [0.3, 0.4) is 0 Å². The molecule has 20 N–H and O–H groups in total. The number of pyridine rings is 12. The third-order valence-electron chi connectivity index (χ3n) is 19.9. The summed E-state index contributed by atoms with van der Waals surface area (Å²) in [7, 11) is -0.0327. The number of nitrogens with zero attached hydrogens (tertiary/aromatic N) is 21. The fraction of sp³-hybridized carbons (Fsp3) is 0.0194. The molecule has 12 aromatic heterocycles. The van der Waals surface area contributed by atoms with E-state index in [2.05, 4.69) is 111 Å². The maximum absolute atomic E-state index is 8.76. The molecule has 0 amide bonds. The fourth-order valence-electron chi connectivity index (χ4n) is 12.2. The molecule has 0 aliphatic carbocycles. The van der Waals surface area contributed by atoms with E-state index in [0.29, 0.717) is 83.6 Å². The van der Waals surface area contributed by atoms with Gasteiger partial charge < -0.3 is 74.6 Å². The molecule has 17 rings (SSSR count). The highest BCUT2D eigenvalue weighted by molar-refractivity contribution is 9.10. The molecule has 44 heteroatoms. The van der Waals surface area contributed by atoms with Crippen molar-refractivity contribution < 1.29 is 40.2 Å². The third-order valence-corrected chi connectivity index (χ3v) is 20.8. The number of oxime groups is 4. The van der Waals surface area contributed by atoms with E-state index >= 15 is 0 Å². The molecule has 0 saturated carbocycles. The van der Waals surface area contributed by atoms with Crippen LogP contribution in [-0.2, 0) is 9.68 Å². The first-order valence-electron chi connectivity index (χ1n) is 42.3. The molecular formula is C103H84B2BrCl4N29O8. The molecule has 0 saturated heterocycles. The molecule has 0 aliphatic heterocycles. The van der Waals surface area contributed by atoms with Gasteiger partial charge in [0.1, 0.15) is 88.6 Å². The zero-order valence-electron chi connectivity index (χ0n) is 77.3. The monoisotopic (exact) mass is 2100 g/mol. The predicted octanol–water partition coefficient (Wildman–Crippen LogP) is 14.8. The summed E-state index contributed by atoms with van der Waals surface area (Å²) >= 11 is 14.3. The SMILES string of the molecule is CO/N=C(\N)c1ccc(-c2ccc(-c3ccc(/C(N)=N/OC)nc3)cn2)cc1.Cl.Cl.N#Cc1ccc(-c2ccc(Cl)nc2)cn1.N#Cc1ccc(B(O)O)cc1.N#Cc1ccc(Br)cn1.N/C(=N\O)c1ccc(-c2ccc(-c3ccc(/C(N)=N\O)cc3)nc2)cn1.N=C(N)c1ccc(-c2ccc(-c3ccc(C(=N)N)nc3)cn2)cc1.OB(O)c1ccc(Cl)nc1.[C-]#[N+]c1ccc(-c2ccc(-c3ccc(C#N)nc3)cn2)cc1. The molecule has 0 aliphatic rings. The molecule has 12 heterocycles. The molecule has 0 fully saturated rings. The normalized spacial score (nSPS) is 10.4. The molecule has 0 atom stereocenters. The van der Waals surface area contributed by atoms with Crippen LogP contribution >= 0.6 is 63.9 Å². The highest BCUT2D eigenvalue weighted by Gasteiger charge is 2.15. The van der Waals surface area contributed by atoms with Crippen molar-refractivity contribution in [1.82, 2.24) is 59.8 Å². The number of nitrogens with two attached hydrogens (primary N) is 6. The van der Waals surface area contributed by atoms with Crippen molar-refractivity contribution in [3.05, 3.63) is 424 Å². The number of halogens is 5. The van der Waals surface area contributed by atoms with Gasteiger partial charge in [0.05, 0.1) is 41.0 Å². The van der Waals surface area contributed by atoms with Gasteiger partial charge in [-0.25, -0.2) is 29.8 Å². The van der Waals surface area contributed by atoms with Crippen molar-refractivity contribution in [2.75, 3.05) is 14.2 Å². The van der Waals surface area contributed by atoms with E-state index < -0.39 is 14.2 Å². The Balaban J connectivity index is 0.000000210. The van der Waals surface area contributed by atoms with Gasteiger partial charge in [-0.15, -0.1) is 24.8 Å². The Morgan fingerprint density at radius 3 is 0.912 bits per heavy atom. The summed E-state index contributed by atoms with van der Waals surface area (Å²) in [6.45, 7) is 6.95. The van der Waals surface area contributed by atoms with Crippen LogP contribution in [-0.4, -0.2) is 154 Å². The van der Waals surface area contributed by atoms with Crippen LogP contribution in [0.5, 0.6) is 0 Å². The van der Waals surface area contributed by atoms with E-state index in [9.17, 15) is 0 Å². The van der Waals surface area contributed by atoms with Gasteiger partial charge >= 0.3 is 14.2 Å². The molecule has 0 unspecified atom stereocenters. The Labute approximate surface area is 873 Å². The summed E-state index contributed by atoms with van der Waals surface area (Å²) in [5, 5.41) is 115. The van der Waals surface area contributed by atoms with Crippen molar-refractivity contribution in [2.24, 2.45) is 55.0 Å². The largest absolute Gasteiger partial charge is 0.490 e. The second kappa shape index (κ2) is 58.3. The first kappa shape index (κ1) is 113. The number of aromatic nitrogens is 12. The maximum Gasteiger partial charge on any atom is 0.490 e. The van der Waals surface area contributed by atoms with Crippen LogP contribution < -0.4 is 45.3 Å². The molecular weight excluding hydrogens is 2010 g/mol. The molecule has 0 spiro atoms. The number of nitrogens with one attached hydrogen (secondary N) is 2. The highest BCUT2D eigenvalue weighted by Crippen LogP contribution is 2.30. The van der Waals surface area contributed by atoms with E-state index in [1.54, 1.807) is 153 Å². The van der Waals surface area contributed by atoms with E-state index in [-0.39, 0.29) is 54.0 Å². The minimum atomic E-state index is -1.47. The Morgan fingerprint density at radius 2 is 0.626 bits per heavy atom. The van der Waals surface area contributed by atoms with Crippen LogP contribution in [0.2, 0.25) is 10.3 Å². The van der Waals surface area contributed by atoms with E-state index in [4.69, 9.17) is 127 Å². The van der Waals surface area contributed by atoms with Crippen LogP contribution in [0.1, 0.15) is 56.4 Å². The minimum absolute atomic E-state index is 0. The lowest BCUT2D eigenvalue weighted by Crippen LogP contribution is -2.29. The van der Waals surface area contributed by atoms with Crippen molar-refractivity contribution >= 4 is 130 Å². The molecule has 0 bridgehead atoms. The van der Waals surface area contributed by atoms with Gasteiger partial charge in [0.25, 0.3) is 0 Å². The summed E-state index contributed by atoms with van der Waals surface area (Å²) in [6, 6.07) is 86.8. The molecule has 0 radical (unpaired) electrons. The molecule has 37 nitrogen and oxygen atoms in total. The molecule has 147 heavy (non-hydrogen) atoms. The first-order chi connectivity index (χ1) is 70.1.